The molecule has 2 rings (SSSR count). The topological polar surface area (TPSA) is 79.3 Å². The van der Waals surface area contributed by atoms with Crippen LogP contribution in [0.2, 0.25) is 0 Å². The zero-order chi connectivity index (χ0) is 14.0. The summed E-state index contributed by atoms with van der Waals surface area (Å²) in [6, 6.07) is 10.4. The van der Waals surface area contributed by atoms with Crippen LogP contribution < -0.4 is 0 Å². The minimum atomic E-state index is 0.0524. The van der Waals surface area contributed by atoms with Crippen LogP contribution in [-0.2, 0) is 0 Å². The van der Waals surface area contributed by atoms with E-state index in [1.54, 1.807) is 24.3 Å². The molecule has 0 aliphatic carbocycles. The number of rotatable bonds is 3. The van der Waals surface area contributed by atoms with Crippen LogP contribution in [0.5, 0.6) is 0 Å². The molecule has 5 nitrogen and oxygen atoms in total. The van der Waals surface area contributed by atoms with Crippen LogP contribution in [0.1, 0.15) is 11.1 Å². The standard InChI is InChI=1S/C14H13N3O2/c1-9-3-5-11(13(7-9)16-18)12-6-4-10(2)8-14(12)17(15)19/h3-8,15H,1-2H3. The number of hydrogen-bond acceptors (Lipinski definition) is 4. The number of benzene rings is 2. The average molecular weight is 255 g/mol. The quantitative estimate of drug-likeness (QED) is 0.378. The number of nitroso groups, excluding NO2 is 1. The van der Waals surface area contributed by atoms with Crippen LogP contribution in [0, 0.1) is 29.5 Å². The van der Waals surface area contributed by atoms with Gasteiger partial charge in [-0.1, -0.05) is 23.1 Å². The summed E-state index contributed by atoms with van der Waals surface area (Å²) in [6.07, 6.45) is 0. The van der Waals surface area contributed by atoms with Gasteiger partial charge in [-0.15, -0.1) is 4.91 Å². The minimum absolute atomic E-state index is 0.0524. The SMILES string of the molecule is Cc1ccc(-c2ccc(C)cc2[N+](=N)[O-])c(N=O)c1. The van der Waals surface area contributed by atoms with E-state index in [0.29, 0.717) is 11.1 Å². The van der Waals surface area contributed by atoms with Gasteiger partial charge in [-0.25, -0.2) is 0 Å². The van der Waals surface area contributed by atoms with Crippen molar-refractivity contribution in [3.8, 4) is 11.1 Å². The fourth-order valence-electron chi connectivity index (χ4n) is 1.98. The van der Waals surface area contributed by atoms with Crippen LogP contribution in [0.4, 0.5) is 11.4 Å². The zero-order valence-corrected chi connectivity index (χ0v) is 10.7. The predicted molar refractivity (Wildman–Crippen MR) is 72.8 cm³/mol. The zero-order valence-electron chi connectivity index (χ0n) is 10.7. The van der Waals surface area contributed by atoms with E-state index < -0.39 is 0 Å². The molecule has 0 saturated carbocycles. The van der Waals surface area contributed by atoms with Crippen LogP contribution in [0.25, 0.3) is 11.1 Å². The molecule has 0 aromatic heterocycles. The van der Waals surface area contributed by atoms with E-state index in [-0.39, 0.29) is 16.2 Å². The Morgan fingerprint density at radius 2 is 1.63 bits per heavy atom. The summed E-state index contributed by atoms with van der Waals surface area (Å²) in [5, 5.41) is 14.3. The Morgan fingerprint density at radius 3 is 2.21 bits per heavy atom. The second-order valence-electron chi connectivity index (χ2n) is 4.43. The maximum absolute atomic E-state index is 11.3. The maximum Gasteiger partial charge on any atom is 0.252 e. The molecular formula is C14H13N3O2. The lowest BCUT2D eigenvalue weighted by Crippen LogP contribution is -1.93. The van der Waals surface area contributed by atoms with Crippen molar-refractivity contribution in [3.63, 3.8) is 0 Å². The lowest BCUT2D eigenvalue weighted by Gasteiger charge is -2.08. The van der Waals surface area contributed by atoms with E-state index in [2.05, 4.69) is 5.18 Å². The van der Waals surface area contributed by atoms with Gasteiger partial charge >= 0.3 is 0 Å². The highest BCUT2D eigenvalue weighted by Gasteiger charge is 2.16. The second kappa shape index (κ2) is 4.97. The molecule has 0 bridgehead atoms. The molecule has 0 radical (unpaired) electrons. The Balaban J connectivity index is 2.71. The van der Waals surface area contributed by atoms with Gasteiger partial charge in [0.05, 0.1) is 5.56 Å². The van der Waals surface area contributed by atoms with Crippen LogP contribution in [0.3, 0.4) is 0 Å². The number of hydrogen-bond donors (Lipinski definition) is 1. The van der Waals surface area contributed by atoms with Gasteiger partial charge in [0.25, 0.3) is 5.69 Å². The largest absolute Gasteiger partial charge is 0.594 e. The van der Waals surface area contributed by atoms with Crippen LogP contribution in [0.15, 0.2) is 41.6 Å². The first-order chi connectivity index (χ1) is 9.02. The number of nitrogens with one attached hydrogen (secondary N) is 1. The van der Waals surface area contributed by atoms with Gasteiger partial charge in [-0.05, 0) is 47.8 Å². The molecule has 2 aromatic rings. The predicted octanol–water partition coefficient (Wildman–Crippen LogP) is 4.54. The average Bonchev–Trinajstić information content (AvgIpc) is 2.38. The van der Waals surface area contributed by atoms with Crippen molar-refractivity contribution in [2.45, 2.75) is 13.8 Å². The van der Waals surface area contributed by atoms with Crippen molar-refractivity contribution in [3.05, 3.63) is 57.6 Å². The van der Waals surface area contributed by atoms with Gasteiger partial charge in [0.15, 0.2) is 0 Å². The maximum atomic E-state index is 11.3. The van der Waals surface area contributed by atoms with Gasteiger partial charge in [-0.3, -0.25) is 0 Å². The van der Waals surface area contributed by atoms with E-state index in [1.165, 1.54) is 0 Å². The minimum Gasteiger partial charge on any atom is -0.594 e. The van der Waals surface area contributed by atoms with Gasteiger partial charge in [-0.2, -0.15) is 0 Å². The lowest BCUT2D eigenvalue weighted by atomic mass is 9.99. The van der Waals surface area contributed by atoms with Gasteiger partial charge < -0.3 is 5.21 Å². The summed E-state index contributed by atoms with van der Waals surface area (Å²) in [5.41, 5.74) is 10.6. The Morgan fingerprint density at radius 1 is 1.05 bits per heavy atom. The molecule has 0 heterocycles. The Labute approximate surface area is 110 Å². The van der Waals surface area contributed by atoms with E-state index in [4.69, 9.17) is 5.53 Å². The smallest absolute Gasteiger partial charge is 0.252 e. The normalized spacial score (nSPS) is 10.2. The molecule has 0 aliphatic rings. The Hall–Kier alpha value is -2.56. The van der Waals surface area contributed by atoms with Crippen molar-refractivity contribution in [2.75, 3.05) is 0 Å². The molecule has 0 atom stereocenters. The third kappa shape index (κ3) is 2.49. The first-order valence-corrected chi connectivity index (χ1v) is 5.76. The van der Waals surface area contributed by atoms with E-state index in [1.807, 2.05) is 26.0 Å². The van der Waals surface area contributed by atoms with Gasteiger partial charge in [0, 0.05) is 11.6 Å². The highest BCUT2D eigenvalue weighted by molar-refractivity contribution is 5.82. The summed E-state index contributed by atoms with van der Waals surface area (Å²) >= 11 is 0. The van der Waals surface area contributed by atoms with Crippen molar-refractivity contribution >= 4 is 11.4 Å². The molecule has 0 spiro atoms. The summed E-state index contributed by atoms with van der Waals surface area (Å²) in [4.78, 5) is 11.0. The molecule has 96 valence electrons. The van der Waals surface area contributed by atoms with Crippen molar-refractivity contribution in [1.29, 1.82) is 5.53 Å². The molecular weight excluding hydrogens is 242 g/mol. The summed E-state index contributed by atoms with van der Waals surface area (Å²) in [6.45, 7) is 3.70. The van der Waals surface area contributed by atoms with Gasteiger partial charge in [0.1, 0.15) is 5.69 Å². The number of aryl methyl sites for hydroxylation is 2. The summed E-state index contributed by atoms with van der Waals surface area (Å²) in [5.74, 6) is 0. The van der Waals surface area contributed by atoms with Crippen molar-refractivity contribution in [2.24, 2.45) is 5.18 Å². The van der Waals surface area contributed by atoms with Gasteiger partial charge in [0.2, 0.25) is 0 Å². The molecule has 0 amide bonds. The molecule has 0 aliphatic heterocycles. The van der Waals surface area contributed by atoms with E-state index >= 15 is 0 Å². The molecule has 1 N–H and O–H groups in total. The number of nitrogens with zero attached hydrogens (tertiary/aromatic N) is 2. The molecule has 5 heteroatoms. The molecule has 0 saturated heterocycles. The van der Waals surface area contributed by atoms with Crippen molar-refractivity contribution in [1.82, 2.24) is 0 Å². The monoisotopic (exact) mass is 255 g/mol. The highest BCUT2D eigenvalue weighted by atomic mass is 16.5. The second-order valence-corrected chi connectivity index (χ2v) is 4.43. The van der Waals surface area contributed by atoms with Crippen LogP contribution in [-0.4, -0.2) is 4.86 Å². The summed E-state index contributed by atoms with van der Waals surface area (Å²) in [7, 11) is 0. The third-order valence-corrected chi connectivity index (χ3v) is 2.91. The Kier molecular flexibility index (Phi) is 3.37. The third-order valence-electron chi connectivity index (χ3n) is 2.91. The molecule has 0 fully saturated rings. The lowest BCUT2D eigenvalue weighted by molar-refractivity contribution is -0.465. The molecule has 19 heavy (non-hydrogen) atoms. The molecule has 2 aromatic carbocycles. The van der Waals surface area contributed by atoms with E-state index in [0.717, 1.165) is 11.1 Å². The fraction of sp³-hybridized carbons (Fsp3) is 0.143. The fourth-order valence-corrected chi connectivity index (χ4v) is 1.98. The Bertz CT molecular complexity index is 666. The van der Waals surface area contributed by atoms with Crippen molar-refractivity contribution < 1.29 is 4.86 Å². The first kappa shape index (κ1) is 12.9. The van der Waals surface area contributed by atoms with Crippen LogP contribution >= 0.6 is 0 Å². The molecule has 0 unspecified atom stereocenters. The van der Waals surface area contributed by atoms with E-state index in [9.17, 15) is 10.1 Å². The highest BCUT2D eigenvalue weighted by Crippen LogP contribution is 2.37. The summed E-state index contributed by atoms with van der Waals surface area (Å²) < 4.78 is 0. The first-order valence-electron chi connectivity index (χ1n) is 5.76.